The van der Waals surface area contributed by atoms with Gasteiger partial charge in [0.1, 0.15) is 5.92 Å². The lowest BCUT2D eigenvalue weighted by atomic mass is 9.62. The Labute approximate surface area is 150 Å². The number of Topliss-reactive ketones (excluding diaryl/α,β-unsaturated/α-hetero) is 2. The van der Waals surface area contributed by atoms with Crippen molar-refractivity contribution in [2.24, 2.45) is 23.0 Å². The number of carbonyl (C=O) groups is 4. The maximum atomic E-state index is 13.1. The summed E-state index contributed by atoms with van der Waals surface area (Å²) in [5.41, 5.74) is 4.03. The third-order valence-corrected chi connectivity index (χ3v) is 6.17. The number of carbonyl (C=O) groups excluding carboxylic acids is 4. The Bertz CT molecular complexity index is 641. The van der Waals surface area contributed by atoms with Gasteiger partial charge in [-0.2, -0.15) is 0 Å². The maximum Gasteiger partial charge on any atom is 0.285 e. The van der Waals surface area contributed by atoms with E-state index in [9.17, 15) is 28.0 Å². The van der Waals surface area contributed by atoms with Crippen LogP contribution in [0.15, 0.2) is 0 Å². The van der Waals surface area contributed by atoms with Crippen molar-refractivity contribution in [3.8, 4) is 0 Å². The molecule has 3 N–H and O–H groups in total. The molecule has 2 atom stereocenters. The van der Waals surface area contributed by atoms with Crippen molar-refractivity contribution in [3.05, 3.63) is 0 Å². The number of alkyl halides is 2. The van der Waals surface area contributed by atoms with Crippen LogP contribution < -0.4 is 11.1 Å². The summed E-state index contributed by atoms with van der Waals surface area (Å²) in [6.07, 6.45) is 4.18. The first-order valence-corrected chi connectivity index (χ1v) is 9.20. The third kappa shape index (κ3) is 3.64. The molecule has 6 nitrogen and oxygen atoms in total. The molecule has 3 rings (SSSR count). The Kier molecular flexibility index (Phi) is 4.88. The van der Waals surface area contributed by atoms with Crippen LogP contribution in [0, 0.1) is 17.3 Å². The summed E-state index contributed by atoms with van der Waals surface area (Å²) in [6, 6.07) is -0.887. The maximum absolute atomic E-state index is 13.1. The van der Waals surface area contributed by atoms with Crippen LogP contribution >= 0.6 is 0 Å². The van der Waals surface area contributed by atoms with Crippen molar-refractivity contribution in [2.45, 2.75) is 69.8 Å². The van der Waals surface area contributed by atoms with Gasteiger partial charge in [-0.15, -0.1) is 0 Å². The van der Waals surface area contributed by atoms with E-state index < -0.39 is 47.3 Å². The summed E-state index contributed by atoms with van der Waals surface area (Å²) in [6.45, 7) is 0. The van der Waals surface area contributed by atoms with E-state index in [0.29, 0.717) is 19.3 Å². The van der Waals surface area contributed by atoms with E-state index in [1.807, 2.05) is 0 Å². The summed E-state index contributed by atoms with van der Waals surface area (Å²) in [5, 5.41) is 2.48. The number of nitrogens with one attached hydrogen (secondary N) is 1. The first-order valence-electron chi connectivity index (χ1n) is 9.20. The molecule has 0 spiro atoms. The molecule has 3 saturated carbocycles. The second kappa shape index (κ2) is 6.70. The Morgan fingerprint density at radius 2 is 1.73 bits per heavy atom. The molecular weight excluding hydrogens is 346 g/mol. The number of ketones is 2. The quantitative estimate of drug-likeness (QED) is 0.600. The molecule has 8 heteroatoms. The molecule has 0 bridgehead atoms. The molecule has 26 heavy (non-hydrogen) atoms. The van der Waals surface area contributed by atoms with Gasteiger partial charge in [0.15, 0.2) is 5.78 Å². The second-order valence-electron chi connectivity index (χ2n) is 8.08. The van der Waals surface area contributed by atoms with Gasteiger partial charge in [-0.25, -0.2) is 8.78 Å². The molecule has 0 aromatic carbocycles. The number of primary amides is 1. The van der Waals surface area contributed by atoms with Crippen molar-refractivity contribution in [1.29, 1.82) is 0 Å². The zero-order chi connectivity index (χ0) is 19.1. The van der Waals surface area contributed by atoms with Gasteiger partial charge in [0, 0.05) is 18.3 Å². The van der Waals surface area contributed by atoms with Gasteiger partial charge in [0.2, 0.25) is 11.7 Å². The molecule has 0 saturated heterocycles. The molecule has 3 aliphatic carbocycles. The predicted octanol–water partition coefficient (Wildman–Crippen LogP) is 1.50. The van der Waals surface area contributed by atoms with Gasteiger partial charge in [0.05, 0.1) is 6.04 Å². The van der Waals surface area contributed by atoms with E-state index in [0.717, 1.165) is 25.7 Å². The molecule has 2 amide bonds. The highest BCUT2D eigenvalue weighted by Crippen LogP contribution is 2.49. The van der Waals surface area contributed by atoms with Crippen LogP contribution in [0.25, 0.3) is 0 Å². The third-order valence-electron chi connectivity index (χ3n) is 6.17. The minimum Gasteiger partial charge on any atom is -0.363 e. The van der Waals surface area contributed by atoms with Crippen LogP contribution in [0.4, 0.5) is 8.78 Å². The number of rotatable bonds is 9. The van der Waals surface area contributed by atoms with Crippen LogP contribution in [0.1, 0.15) is 57.8 Å². The van der Waals surface area contributed by atoms with E-state index in [1.165, 1.54) is 0 Å². The van der Waals surface area contributed by atoms with E-state index in [2.05, 4.69) is 5.32 Å². The Morgan fingerprint density at radius 3 is 2.12 bits per heavy atom. The fourth-order valence-electron chi connectivity index (χ4n) is 3.91. The summed E-state index contributed by atoms with van der Waals surface area (Å²) >= 11 is 0. The average molecular weight is 370 g/mol. The minimum atomic E-state index is -2.99. The molecule has 3 aliphatic rings. The fourth-order valence-corrected chi connectivity index (χ4v) is 3.91. The predicted molar refractivity (Wildman–Crippen MR) is 87.1 cm³/mol. The summed E-state index contributed by atoms with van der Waals surface area (Å²) in [4.78, 5) is 48.2. The van der Waals surface area contributed by atoms with Gasteiger partial charge in [-0.05, 0) is 25.2 Å². The van der Waals surface area contributed by atoms with Gasteiger partial charge in [-0.1, -0.05) is 25.7 Å². The van der Waals surface area contributed by atoms with Crippen LogP contribution in [-0.4, -0.2) is 35.3 Å². The van der Waals surface area contributed by atoms with Crippen molar-refractivity contribution in [3.63, 3.8) is 0 Å². The van der Waals surface area contributed by atoms with E-state index >= 15 is 0 Å². The van der Waals surface area contributed by atoms with Crippen LogP contribution in [-0.2, 0) is 19.2 Å². The molecule has 0 aromatic heterocycles. The van der Waals surface area contributed by atoms with Crippen LogP contribution in [0.5, 0.6) is 0 Å². The summed E-state index contributed by atoms with van der Waals surface area (Å²) in [5.74, 6) is -7.09. The molecule has 0 radical (unpaired) electrons. The number of nitrogens with two attached hydrogens (primary N) is 1. The van der Waals surface area contributed by atoms with Gasteiger partial charge in [-0.3, -0.25) is 19.2 Å². The SMILES string of the molecule is NC(=O)C(=O)C1(CC(=O)[C@H](CC2CCC2)NC(=O)C2CC2(F)F)CCC1. The number of halogens is 2. The van der Waals surface area contributed by atoms with E-state index in [-0.39, 0.29) is 18.1 Å². The summed E-state index contributed by atoms with van der Waals surface area (Å²) < 4.78 is 26.3. The van der Waals surface area contributed by atoms with Gasteiger partial charge < -0.3 is 11.1 Å². The highest BCUT2D eigenvalue weighted by Gasteiger charge is 2.61. The summed E-state index contributed by atoms with van der Waals surface area (Å²) in [7, 11) is 0. The number of amides is 2. The highest BCUT2D eigenvalue weighted by molar-refractivity contribution is 6.38. The largest absolute Gasteiger partial charge is 0.363 e. The minimum absolute atomic E-state index is 0.173. The van der Waals surface area contributed by atoms with E-state index in [1.54, 1.807) is 0 Å². The first kappa shape index (κ1) is 18.9. The Balaban J connectivity index is 1.67. The fraction of sp³-hybridized carbons (Fsp3) is 0.778. The Hall–Kier alpha value is -1.86. The lowest BCUT2D eigenvalue weighted by molar-refractivity contribution is -0.148. The van der Waals surface area contributed by atoms with Gasteiger partial charge >= 0.3 is 0 Å². The molecule has 3 fully saturated rings. The van der Waals surface area contributed by atoms with Crippen molar-refractivity contribution in [1.82, 2.24) is 5.32 Å². The Morgan fingerprint density at radius 1 is 1.12 bits per heavy atom. The molecule has 0 aromatic rings. The highest BCUT2D eigenvalue weighted by atomic mass is 19.3. The standard InChI is InChI=1S/C18H24F2N2O4/c19-18(20)8-11(18)16(26)22-12(7-10-3-1-4-10)13(23)9-17(5-2-6-17)14(24)15(21)25/h10-12H,1-9H2,(H2,21,25)(H,22,26)/t11?,12-/m0/s1. The van der Waals surface area contributed by atoms with E-state index in [4.69, 9.17) is 5.73 Å². The van der Waals surface area contributed by atoms with Crippen LogP contribution in [0.3, 0.4) is 0 Å². The second-order valence-corrected chi connectivity index (χ2v) is 8.08. The molecule has 1 unspecified atom stereocenters. The number of hydrogen-bond acceptors (Lipinski definition) is 4. The normalized spacial score (nSPS) is 26.8. The zero-order valence-corrected chi connectivity index (χ0v) is 14.6. The van der Waals surface area contributed by atoms with Crippen LogP contribution in [0.2, 0.25) is 0 Å². The molecule has 0 aliphatic heterocycles. The number of hydrogen-bond donors (Lipinski definition) is 2. The van der Waals surface area contributed by atoms with Crippen molar-refractivity contribution in [2.75, 3.05) is 0 Å². The smallest absolute Gasteiger partial charge is 0.285 e. The first-order chi connectivity index (χ1) is 12.1. The topological polar surface area (TPSA) is 106 Å². The van der Waals surface area contributed by atoms with Crippen molar-refractivity contribution < 1.29 is 28.0 Å². The van der Waals surface area contributed by atoms with Gasteiger partial charge in [0.25, 0.3) is 11.8 Å². The lowest BCUT2D eigenvalue weighted by Crippen LogP contribution is -2.50. The van der Waals surface area contributed by atoms with Crippen molar-refractivity contribution >= 4 is 23.4 Å². The molecule has 0 heterocycles. The average Bonchev–Trinajstić information content (AvgIpc) is 3.13. The zero-order valence-electron chi connectivity index (χ0n) is 14.6. The monoisotopic (exact) mass is 370 g/mol. The molecule has 144 valence electrons. The lowest BCUT2D eigenvalue weighted by Gasteiger charge is -2.40. The molecular formula is C18H24F2N2O4.